The Hall–Kier alpha value is -3.50. The lowest BCUT2D eigenvalue weighted by atomic mass is 9.82. The van der Waals surface area contributed by atoms with Crippen molar-refractivity contribution in [1.82, 2.24) is 9.88 Å². The number of nitrogens with zero attached hydrogens (tertiary/aromatic N) is 2. The number of hydrogen-bond acceptors (Lipinski definition) is 4. The first-order chi connectivity index (χ1) is 17.3. The molecule has 1 amide bonds. The number of fused-ring (bicyclic) bond motifs is 1. The van der Waals surface area contributed by atoms with Crippen molar-refractivity contribution < 1.29 is 14.0 Å². The van der Waals surface area contributed by atoms with Gasteiger partial charge in [0.2, 0.25) is 5.43 Å². The van der Waals surface area contributed by atoms with Crippen molar-refractivity contribution in [2.24, 2.45) is 5.92 Å². The highest BCUT2D eigenvalue weighted by molar-refractivity contribution is 6.31. The van der Waals surface area contributed by atoms with Gasteiger partial charge in [0.25, 0.3) is 5.91 Å². The number of pyridine rings is 1. The number of ketones is 1. The average molecular weight is 506 g/mol. The first-order valence-corrected chi connectivity index (χ1v) is 12.6. The summed E-state index contributed by atoms with van der Waals surface area (Å²) >= 11 is 5.96. The number of Topliss-reactive ketones (excluding diaryl/α,β-unsaturated/α-hetero) is 1. The fourth-order valence-corrected chi connectivity index (χ4v) is 5.20. The van der Waals surface area contributed by atoms with Gasteiger partial charge >= 0.3 is 0 Å². The van der Waals surface area contributed by atoms with E-state index in [-0.39, 0.29) is 39.8 Å². The van der Waals surface area contributed by atoms with E-state index >= 15 is 0 Å². The lowest BCUT2D eigenvalue weighted by molar-refractivity contribution is 0.0896. The highest BCUT2D eigenvalue weighted by atomic mass is 35.5. The fourth-order valence-electron chi connectivity index (χ4n) is 5.05. The van der Waals surface area contributed by atoms with Crippen LogP contribution in [-0.2, 0) is 0 Å². The largest absolute Gasteiger partial charge is 0.349 e. The standard InChI is InChI=1S/C28H25ClFN3O3/c29-23-13-25-21(12-24(23)30)27(35)22(15-33(25)20-9-10-20)28(36)32-19-7-3-16(4-8-19)11-26(34)18-5-1-17(14-31)2-6-18/h1-2,5-6,12-13,15-16,19-20H,3-4,7-11H2,(H,32,36). The van der Waals surface area contributed by atoms with Gasteiger partial charge in [0.05, 0.1) is 22.2 Å². The first-order valence-electron chi connectivity index (χ1n) is 12.2. The van der Waals surface area contributed by atoms with Gasteiger partial charge < -0.3 is 9.88 Å². The molecule has 0 bridgehead atoms. The maximum Gasteiger partial charge on any atom is 0.256 e. The van der Waals surface area contributed by atoms with Gasteiger partial charge in [0.15, 0.2) is 5.78 Å². The molecule has 0 atom stereocenters. The summed E-state index contributed by atoms with van der Waals surface area (Å²) in [6.07, 6.45) is 6.88. The minimum Gasteiger partial charge on any atom is -0.349 e. The Morgan fingerprint density at radius 3 is 2.42 bits per heavy atom. The van der Waals surface area contributed by atoms with Crippen molar-refractivity contribution in [2.75, 3.05) is 0 Å². The zero-order valence-electron chi connectivity index (χ0n) is 19.6. The monoisotopic (exact) mass is 505 g/mol. The van der Waals surface area contributed by atoms with Crippen LogP contribution in [0.1, 0.15) is 77.3 Å². The number of amides is 1. The number of carbonyl (C=O) groups excluding carboxylic acids is 2. The van der Waals surface area contributed by atoms with Gasteiger partial charge in [-0.15, -0.1) is 0 Å². The summed E-state index contributed by atoms with van der Waals surface area (Å²) in [5, 5.41) is 12.0. The molecular formula is C28H25ClFN3O3. The molecule has 8 heteroatoms. The number of carbonyl (C=O) groups is 2. The van der Waals surface area contributed by atoms with E-state index in [9.17, 15) is 18.8 Å². The molecule has 184 valence electrons. The Morgan fingerprint density at radius 1 is 1.08 bits per heavy atom. The average Bonchev–Trinajstić information content (AvgIpc) is 3.72. The number of halogens is 2. The van der Waals surface area contributed by atoms with E-state index in [0.717, 1.165) is 31.7 Å². The van der Waals surface area contributed by atoms with E-state index in [1.807, 2.05) is 10.6 Å². The molecule has 0 radical (unpaired) electrons. The lowest BCUT2D eigenvalue weighted by Gasteiger charge is -2.29. The summed E-state index contributed by atoms with van der Waals surface area (Å²) in [5.74, 6) is -0.864. The minimum absolute atomic E-state index is 0.00856. The zero-order chi connectivity index (χ0) is 25.4. The molecule has 1 aromatic heterocycles. The smallest absolute Gasteiger partial charge is 0.256 e. The molecule has 2 fully saturated rings. The van der Waals surface area contributed by atoms with Gasteiger partial charge in [-0.25, -0.2) is 4.39 Å². The van der Waals surface area contributed by atoms with E-state index in [1.165, 1.54) is 6.07 Å². The molecule has 5 rings (SSSR count). The lowest BCUT2D eigenvalue weighted by Crippen LogP contribution is -2.40. The third-order valence-corrected chi connectivity index (χ3v) is 7.54. The fraction of sp³-hybridized carbons (Fsp3) is 0.357. The molecule has 1 N–H and O–H groups in total. The van der Waals surface area contributed by atoms with Gasteiger partial charge in [0, 0.05) is 35.7 Å². The molecule has 0 aliphatic heterocycles. The van der Waals surface area contributed by atoms with Crippen LogP contribution < -0.4 is 10.7 Å². The van der Waals surface area contributed by atoms with Gasteiger partial charge in [-0.2, -0.15) is 5.26 Å². The molecule has 36 heavy (non-hydrogen) atoms. The third-order valence-electron chi connectivity index (χ3n) is 7.25. The predicted molar refractivity (Wildman–Crippen MR) is 135 cm³/mol. The molecule has 2 saturated carbocycles. The zero-order valence-corrected chi connectivity index (χ0v) is 20.4. The molecule has 0 saturated heterocycles. The number of aromatic nitrogens is 1. The molecule has 2 aliphatic rings. The van der Waals surface area contributed by atoms with Crippen molar-refractivity contribution in [3.8, 4) is 6.07 Å². The summed E-state index contributed by atoms with van der Waals surface area (Å²) in [6, 6.07) is 11.4. The van der Waals surface area contributed by atoms with E-state index in [0.29, 0.717) is 35.9 Å². The summed E-state index contributed by atoms with van der Waals surface area (Å²) in [7, 11) is 0. The van der Waals surface area contributed by atoms with Gasteiger partial charge in [0.1, 0.15) is 11.4 Å². The Balaban J connectivity index is 1.25. The van der Waals surface area contributed by atoms with Crippen molar-refractivity contribution in [1.29, 1.82) is 5.26 Å². The Labute approximate surface area is 212 Å². The van der Waals surface area contributed by atoms with E-state index in [1.54, 1.807) is 30.5 Å². The molecule has 1 heterocycles. The summed E-state index contributed by atoms with van der Waals surface area (Å²) in [6.45, 7) is 0. The molecule has 2 aliphatic carbocycles. The Bertz CT molecular complexity index is 1450. The van der Waals surface area contributed by atoms with E-state index in [2.05, 4.69) is 5.32 Å². The SMILES string of the molecule is N#Cc1ccc(C(=O)CC2CCC(NC(=O)c3cn(C4CC4)c4cc(Cl)c(F)cc4c3=O)CC2)cc1. The molecule has 6 nitrogen and oxygen atoms in total. The maximum atomic E-state index is 14.1. The van der Waals surface area contributed by atoms with Crippen molar-refractivity contribution in [3.05, 3.63) is 80.3 Å². The molecule has 3 aromatic rings. The minimum atomic E-state index is -0.685. The van der Waals surface area contributed by atoms with Crippen LogP contribution in [0.4, 0.5) is 4.39 Å². The second-order valence-corrected chi connectivity index (χ2v) is 10.2. The Morgan fingerprint density at radius 2 is 1.78 bits per heavy atom. The van der Waals surface area contributed by atoms with Crippen molar-refractivity contribution in [3.63, 3.8) is 0 Å². The maximum absolute atomic E-state index is 14.1. The third kappa shape index (κ3) is 4.91. The molecule has 2 aromatic carbocycles. The summed E-state index contributed by atoms with van der Waals surface area (Å²) in [4.78, 5) is 38.8. The number of rotatable bonds is 6. The normalized spacial score (nSPS) is 19.6. The number of benzene rings is 2. The first kappa shape index (κ1) is 24.2. The van der Waals surface area contributed by atoms with Crippen molar-refractivity contribution in [2.45, 2.75) is 57.0 Å². The van der Waals surface area contributed by atoms with Crippen LogP contribution in [0.25, 0.3) is 10.9 Å². The van der Waals surface area contributed by atoms with E-state index in [4.69, 9.17) is 16.9 Å². The second kappa shape index (κ2) is 9.87. The van der Waals surface area contributed by atoms with Gasteiger partial charge in [-0.3, -0.25) is 14.4 Å². The number of nitriles is 1. The predicted octanol–water partition coefficient (Wildman–Crippen LogP) is 5.56. The van der Waals surface area contributed by atoms with E-state index < -0.39 is 17.2 Å². The van der Waals surface area contributed by atoms with Gasteiger partial charge in [-0.1, -0.05) is 23.7 Å². The van der Waals surface area contributed by atoms with Crippen LogP contribution >= 0.6 is 11.6 Å². The quantitative estimate of drug-likeness (QED) is 0.444. The second-order valence-electron chi connectivity index (χ2n) is 9.80. The summed E-state index contributed by atoms with van der Waals surface area (Å²) < 4.78 is 16.0. The highest BCUT2D eigenvalue weighted by Crippen LogP contribution is 2.37. The number of hydrogen-bond donors (Lipinski definition) is 1. The van der Waals surface area contributed by atoms with Crippen LogP contribution in [-0.4, -0.2) is 22.3 Å². The van der Waals surface area contributed by atoms with Crippen LogP contribution in [0.15, 0.2) is 47.4 Å². The van der Waals surface area contributed by atoms with Gasteiger partial charge in [-0.05, 0) is 68.7 Å². The highest BCUT2D eigenvalue weighted by Gasteiger charge is 2.29. The van der Waals surface area contributed by atoms with Crippen LogP contribution in [0.3, 0.4) is 0 Å². The number of nitrogens with one attached hydrogen (secondary N) is 1. The summed E-state index contributed by atoms with van der Waals surface area (Å²) in [5.41, 5.74) is 1.17. The van der Waals surface area contributed by atoms with Crippen LogP contribution in [0, 0.1) is 23.1 Å². The molecule has 0 unspecified atom stereocenters. The molecule has 0 spiro atoms. The Kier molecular flexibility index (Phi) is 6.63. The molecular weight excluding hydrogens is 481 g/mol. The van der Waals surface area contributed by atoms with Crippen LogP contribution in [0.5, 0.6) is 0 Å². The topological polar surface area (TPSA) is 92.0 Å². The van der Waals surface area contributed by atoms with Crippen molar-refractivity contribution >= 4 is 34.2 Å². The van der Waals surface area contributed by atoms with Crippen LogP contribution in [0.2, 0.25) is 5.02 Å².